The Morgan fingerprint density at radius 3 is 2.44 bits per heavy atom. The largest absolute Gasteiger partial charge is 0.489 e. The number of rotatable bonds is 13. The molecule has 4 rings (SSSR count). The highest BCUT2D eigenvalue weighted by Gasteiger charge is 2.56. The summed E-state index contributed by atoms with van der Waals surface area (Å²) >= 11 is 8.42. The first-order valence-corrected chi connectivity index (χ1v) is 17.7. The van der Waals surface area contributed by atoms with E-state index in [1.807, 2.05) is 73.7 Å². The number of hydrogen-bond donors (Lipinski definition) is 1. The van der Waals surface area contributed by atoms with Crippen LogP contribution in [0.3, 0.4) is 0 Å². The number of para-hydroxylation sites is 1. The average molecular weight is 719 g/mol. The Balaban J connectivity index is 1.50. The Kier molecular flexibility index (Phi) is 12.9. The summed E-state index contributed by atoms with van der Waals surface area (Å²) in [5.74, 6) is 0.170. The lowest BCUT2D eigenvalue weighted by Gasteiger charge is -2.42. The van der Waals surface area contributed by atoms with Gasteiger partial charge < -0.3 is 24.7 Å². The molecule has 8 nitrogen and oxygen atoms in total. The minimum Gasteiger partial charge on any atom is -0.489 e. The third kappa shape index (κ3) is 10.4. The summed E-state index contributed by atoms with van der Waals surface area (Å²) < 4.78 is 23.8. The summed E-state index contributed by atoms with van der Waals surface area (Å²) in [5.41, 5.74) is 5.44. The third-order valence-electron chi connectivity index (χ3n) is 8.01. The molecule has 0 bridgehead atoms. The summed E-state index contributed by atoms with van der Waals surface area (Å²) in [6.45, 7) is 15.6. The molecule has 1 atom stereocenters. The number of allylic oxidation sites excluding steroid dienone is 4. The first-order valence-electron chi connectivity index (χ1n) is 16.5. The third-order valence-corrected chi connectivity index (χ3v) is 9.46. The van der Waals surface area contributed by atoms with E-state index in [0.717, 1.165) is 21.1 Å². The quantitative estimate of drug-likeness (QED) is 0.0807. The summed E-state index contributed by atoms with van der Waals surface area (Å²) in [6.07, 6.45) is 3.98. The number of esters is 1. The number of carbonyl (C=O) groups is 2. The molecular weight excluding hydrogens is 672 g/mol. The van der Waals surface area contributed by atoms with Crippen LogP contribution in [0.15, 0.2) is 118 Å². The van der Waals surface area contributed by atoms with Crippen LogP contribution in [0.4, 0.5) is 10.5 Å². The van der Waals surface area contributed by atoms with Crippen LogP contribution in [0.1, 0.15) is 70.3 Å². The van der Waals surface area contributed by atoms with Gasteiger partial charge in [0.05, 0.1) is 12.2 Å². The van der Waals surface area contributed by atoms with E-state index in [-0.39, 0.29) is 18.8 Å². The van der Waals surface area contributed by atoms with Crippen LogP contribution in [-0.2, 0) is 20.8 Å². The fraction of sp³-hybridized carbons (Fsp3) is 0.350. The molecule has 50 heavy (non-hydrogen) atoms. The lowest BCUT2D eigenvalue weighted by molar-refractivity contribution is -0.0753. The molecule has 0 aromatic heterocycles. The molecule has 10 heteroatoms. The molecule has 3 aromatic carbocycles. The molecule has 1 aliphatic heterocycles. The zero-order valence-electron chi connectivity index (χ0n) is 29.7. The predicted molar refractivity (Wildman–Crippen MR) is 201 cm³/mol. The van der Waals surface area contributed by atoms with Crippen LogP contribution in [0.5, 0.6) is 5.75 Å². The van der Waals surface area contributed by atoms with Crippen molar-refractivity contribution in [3.05, 3.63) is 124 Å². The zero-order valence-corrected chi connectivity index (χ0v) is 31.2. The number of thioether (sulfide) groups is 1. The van der Waals surface area contributed by atoms with E-state index >= 15 is 0 Å². The summed E-state index contributed by atoms with van der Waals surface area (Å²) in [6, 6.07) is 24.6. The predicted octanol–water partition coefficient (Wildman–Crippen LogP) is 9.90. The van der Waals surface area contributed by atoms with E-state index < -0.39 is 28.9 Å². The van der Waals surface area contributed by atoms with Crippen molar-refractivity contribution in [3.63, 3.8) is 0 Å². The highest BCUT2D eigenvalue weighted by molar-refractivity contribution is 8.03. The van der Waals surface area contributed by atoms with E-state index in [4.69, 9.17) is 36.3 Å². The molecule has 1 unspecified atom stereocenters. The number of nitrogens with zero attached hydrogens (tertiary/aromatic N) is 1. The number of halogens is 1. The maximum absolute atomic E-state index is 13.7. The Morgan fingerprint density at radius 2 is 1.76 bits per heavy atom. The molecule has 1 saturated heterocycles. The van der Waals surface area contributed by atoms with Gasteiger partial charge in [-0.15, -0.1) is 0 Å². The number of nitrogen functional groups attached to an aromatic ring is 1. The molecular formula is C40H47ClN2O6S. The minimum absolute atomic E-state index is 0.101. The van der Waals surface area contributed by atoms with Gasteiger partial charge in [-0.25, -0.2) is 9.59 Å². The molecule has 2 N–H and O–H groups in total. The van der Waals surface area contributed by atoms with Crippen LogP contribution >= 0.6 is 23.4 Å². The van der Waals surface area contributed by atoms with Gasteiger partial charge in [0, 0.05) is 20.5 Å². The second-order valence-corrected chi connectivity index (χ2v) is 15.1. The minimum atomic E-state index is -1.08. The molecule has 1 heterocycles. The molecule has 1 aliphatic rings. The maximum Gasteiger partial charge on any atom is 0.413 e. The second kappa shape index (κ2) is 16.7. The zero-order chi connectivity index (χ0) is 36.5. The van der Waals surface area contributed by atoms with Crippen molar-refractivity contribution in [1.82, 2.24) is 4.90 Å². The number of carbonyl (C=O) groups excluding carboxylic acids is 2. The summed E-state index contributed by atoms with van der Waals surface area (Å²) in [5, 5.41) is 0.466. The second-order valence-electron chi connectivity index (χ2n) is 13.6. The number of hydrogen-bond acceptors (Lipinski definition) is 8. The van der Waals surface area contributed by atoms with Crippen molar-refractivity contribution in [1.29, 1.82) is 0 Å². The van der Waals surface area contributed by atoms with Crippen molar-refractivity contribution in [2.75, 3.05) is 18.9 Å². The van der Waals surface area contributed by atoms with Crippen LogP contribution in [0.2, 0.25) is 0 Å². The van der Waals surface area contributed by atoms with Gasteiger partial charge in [-0.2, -0.15) is 0 Å². The lowest BCUT2D eigenvalue weighted by Crippen LogP contribution is -2.59. The SMILES string of the molecule is C=C(CCC1(COC(=O)c2ccccc2N)COC(C)(C)N1C(=O)OC(C)(C)C)/C(Cl)=C\C(=C/C)Sc1cccc(OCc2ccccc2)c1. The number of anilines is 1. The Hall–Kier alpha value is -4.18. The van der Waals surface area contributed by atoms with Gasteiger partial charge in [0.2, 0.25) is 0 Å². The summed E-state index contributed by atoms with van der Waals surface area (Å²) in [4.78, 5) is 30.3. The van der Waals surface area contributed by atoms with E-state index in [1.165, 1.54) is 4.90 Å². The van der Waals surface area contributed by atoms with E-state index in [9.17, 15) is 9.59 Å². The number of nitrogens with two attached hydrogens (primary N) is 1. The molecule has 0 aliphatic carbocycles. The summed E-state index contributed by atoms with van der Waals surface area (Å²) in [7, 11) is 0. The Labute approximate surface area is 305 Å². The van der Waals surface area contributed by atoms with Gasteiger partial charge in [-0.1, -0.05) is 84.5 Å². The smallest absolute Gasteiger partial charge is 0.413 e. The van der Waals surface area contributed by atoms with Crippen molar-refractivity contribution in [2.45, 2.75) is 82.8 Å². The number of ether oxygens (including phenoxy) is 4. The first-order chi connectivity index (χ1) is 23.6. The Morgan fingerprint density at radius 1 is 1.06 bits per heavy atom. The van der Waals surface area contributed by atoms with Crippen LogP contribution in [-0.4, -0.2) is 47.0 Å². The molecule has 1 amide bonds. The van der Waals surface area contributed by atoms with Crippen LogP contribution < -0.4 is 10.5 Å². The molecule has 266 valence electrons. The van der Waals surface area contributed by atoms with E-state index in [0.29, 0.717) is 35.7 Å². The average Bonchev–Trinajstić information content (AvgIpc) is 3.35. The molecule has 0 radical (unpaired) electrons. The normalized spacial score (nSPS) is 17.7. The van der Waals surface area contributed by atoms with Gasteiger partial charge in [0.25, 0.3) is 0 Å². The van der Waals surface area contributed by atoms with Crippen molar-refractivity contribution in [2.24, 2.45) is 0 Å². The molecule has 3 aromatic rings. The van der Waals surface area contributed by atoms with Gasteiger partial charge in [0.15, 0.2) is 0 Å². The Bertz CT molecular complexity index is 1730. The van der Waals surface area contributed by atoms with Crippen LogP contribution in [0, 0.1) is 0 Å². The number of benzene rings is 3. The van der Waals surface area contributed by atoms with Gasteiger partial charge in [-0.3, -0.25) is 4.90 Å². The fourth-order valence-electron chi connectivity index (χ4n) is 5.46. The van der Waals surface area contributed by atoms with Gasteiger partial charge in [-0.05, 0) is 102 Å². The topological polar surface area (TPSA) is 100 Å². The first kappa shape index (κ1) is 38.6. The number of amides is 1. The van der Waals surface area contributed by atoms with Crippen molar-refractivity contribution >= 4 is 41.1 Å². The van der Waals surface area contributed by atoms with Crippen LogP contribution in [0.25, 0.3) is 0 Å². The van der Waals surface area contributed by atoms with E-state index in [2.05, 4.69) is 6.58 Å². The van der Waals surface area contributed by atoms with Crippen molar-refractivity contribution < 1.29 is 28.5 Å². The fourth-order valence-corrected chi connectivity index (χ4v) is 6.63. The monoisotopic (exact) mass is 718 g/mol. The lowest BCUT2D eigenvalue weighted by atomic mass is 9.90. The molecule has 1 fully saturated rings. The highest BCUT2D eigenvalue weighted by atomic mass is 35.5. The highest BCUT2D eigenvalue weighted by Crippen LogP contribution is 2.41. The van der Waals surface area contributed by atoms with Crippen molar-refractivity contribution in [3.8, 4) is 5.75 Å². The van der Waals surface area contributed by atoms with E-state index in [1.54, 1.807) is 70.6 Å². The standard InChI is InChI=1S/C40H47ClN2O6S/c1-8-31(50-32-18-14-17-30(23-32)46-25-29-15-10-9-11-16-29)24-34(41)28(2)21-22-40(26-47-36(44)33-19-12-13-20-35(33)42)27-48-39(6,7)43(40)37(45)49-38(3,4)5/h8-20,23-24H,2,21-22,25-27,42H2,1,3-7H3/b31-8+,34-24+. The van der Waals surface area contributed by atoms with Gasteiger partial charge >= 0.3 is 12.1 Å². The molecule has 0 saturated carbocycles. The maximum atomic E-state index is 13.7. The van der Waals surface area contributed by atoms with Gasteiger partial charge in [0.1, 0.15) is 35.8 Å². The molecule has 0 spiro atoms.